The fraction of sp³-hybridized carbons (Fsp3) is 0.769. The molecule has 0 radical (unpaired) electrons. The predicted molar refractivity (Wildman–Crippen MR) is 74.8 cm³/mol. The second kappa shape index (κ2) is 4.94. The topological polar surface area (TPSA) is 28.2 Å². The van der Waals surface area contributed by atoms with Crippen LogP contribution in [0.15, 0.2) is 6.20 Å². The van der Waals surface area contributed by atoms with Crippen LogP contribution in [0.4, 0.5) is 5.13 Å². The van der Waals surface area contributed by atoms with Gasteiger partial charge < -0.3 is 10.2 Å². The highest BCUT2D eigenvalue weighted by atomic mass is 32.1. The third-order valence-electron chi connectivity index (χ3n) is 3.40. The zero-order chi connectivity index (χ0) is 12.5. The second-order valence-corrected chi connectivity index (χ2v) is 6.70. The van der Waals surface area contributed by atoms with Crippen LogP contribution in [-0.4, -0.2) is 24.6 Å². The quantitative estimate of drug-likeness (QED) is 0.894. The molecular formula is C13H23N3S. The van der Waals surface area contributed by atoms with Crippen molar-refractivity contribution in [3.63, 3.8) is 0 Å². The molecule has 1 aliphatic rings. The predicted octanol–water partition coefficient (Wildman–Crippen LogP) is 3.05. The van der Waals surface area contributed by atoms with Crippen molar-refractivity contribution >= 4 is 16.5 Å². The molecular weight excluding hydrogens is 230 g/mol. The van der Waals surface area contributed by atoms with Gasteiger partial charge in [-0.05, 0) is 25.3 Å². The van der Waals surface area contributed by atoms with Crippen molar-refractivity contribution in [3.05, 3.63) is 11.1 Å². The molecule has 0 aromatic carbocycles. The average molecular weight is 253 g/mol. The van der Waals surface area contributed by atoms with Crippen LogP contribution in [0.3, 0.4) is 0 Å². The lowest BCUT2D eigenvalue weighted by Crippen LogP contribution is -2.22. The van der Waals surface area contributed by atoms with Crippen LogP contribution in [0.1, 0.15) is 45.0 Å². The molecule has 0 bridgehead atoms. The number of rotatable bonds is 4. The summed E-state index contributed by atoms with van der Waals surface area (Å²) in [6.45, 7) is 12.3. The lowest BCUT2D eigenvalue weighted by molar-refractivity contribution is 0.418. The largest absolute Gasteiger partial charge is 0.348 e. The summed E-state index contributed by atoms with van der Waals surface area (Å²) >= 11 is 1.83. The number of thiazole rings is 1. The molecule has 1 atom stereocenters. The van der Waals surface area contributed by atoms with Crippen LogP contribution in [-0.2, 0) is 0 Å². The van der Waals surface area contributed by atoms with E-state index in [1.54, 1.807) is 0 Å². The van der Waals surface area contributed by atoms with Crippen LogP contribution in [0.25, 0.3) is 0 Å². The summed E-state index contributed by atoms with van der Waals surface area (Å²) in [6, 6.07) is 0.418. The number of aromatic nitrogens is 1. The number of anilines is 1. The molecule has 1 fully saturated rings. The maximum absolute atomic E-state index is 4.57. The SMILES string of the molecule is CCNC(C)c1cnc(N2CCC(C)(C)C2)s1. The molecule has 96 valence electrons. The first-order chi connectivity index (χ1) is 8.02. The molecule has 0 spiro atoms. The van der Waals surface area contributed by atoms with Crippen LogP contribution >= 0.6 is 11.3 Å². The molecule has 2 heterocycles. The minimum Gasteiger partial charge on any atom is -0.348 e. The van der Waals surface area contributed by atoms with Crippen LogP contribution in [0, 0.1) is 5.41 Å². The third kappa shape index (κ3) is 2.99. The minimum atomic E-state index is 0.418. The van der Waals surface area contributed by atoms with E-state index in [1.165, 1.54) is 16.4 Å². The molecule has 0 saturated carbocycles. The maximum Gasteiger partial charge on any atom is 0.185 e. The number of hydrogen-bond donors (Lipinski definition) is 1. The van der Waals surface area contributed by atoms with Crippen molar-refractivity contribution < 1.29 is 0 Å². The number of hydrogen-bond acceptors (Lipinski definition) is 4. The monoisotopic (exact) mass is 253 g/mol. The van der Waals surface area contributed by atoms with Gasteiger partial charge in [-0.2, -0.15) is 0 Å². The van der Waals surface area contributed by atoms with Gasteiger partial charge in [-0.3, -0.25) is 0 Å². The Labute approximate surface area is 108 Å². The first-order valence-electron chi connectivity index (χ1n) is 6.46. The first kappa shape index (κ1) is 12.8. The van der Waals surface area contributed by atoms with Gasteiger partial charge >= 0.3 is 0 Å². The van der Waals surface area contributed by atoms with Gasteiger partial charge in [0.2, 0.25) is 0 Å². The van der Waals surface area contributed by atoms with Crippen molar-refractivity contribution in [1.29, 1.82) is 0 Å². The molecule has 1 N–H and O–H groups in total. The molecule has 3 nitrogen and oxygen atoms in total. The highest BCUT2D eigenvalue weighted by Crippen LogP contribution is 2.35. The normalized spacial score (nSPS) is 20.8. The molecule has 1 aromatic rings. The van der Waals surface area contributed by atoms with Crippen LogP contribution < -0.4 is 10.2 Å². The van der Waals surface area contributed by atoms with Gasteiger partial charge in [0.1, 0.15) is 0 Å². The zero-order valence-electron chi connectivity index (χ0n) is 11.3. The molecule has 1 saturated heterocycles. The maximum atomic E-state index is 4.57. The molecule has 2 rings (SSSR count). The Bertz CT molecular complexity index is 372. The summed E-state index contributed by atoms with van der Waals surface area (Å²) in [4.78, 5) is 8.33. The Morgan fingerprint density at radius 1 is 1.59 bits per heavy atom. The van der Waals surface area contributed by atoms with E-state index in [4.69, 9.17) is 0 Å². The highest BCUT2D eigenvalue weighted by Gasteiger charge is 2.30. The van der Waals surface area contributed by atoms with Gasteiger partial charge in [0.25, 0.3) is 0 Å². The van der Waals surface area contributed by atoms with Gasteiger partial charge in [-0.1, -0.05) is 20.8 Å². The van der Waals surface area contributed by atoms with E-state index in [0.29, 0.717) is 11.5 Å². The Morgan fingerprint density at radius 3 is 2.94 bits per heavy atom. The molecule has 1 aromatic heterocycles. The summed E-state index contributed by atoms with van der Waals surface area (Å²) in [5, 5.41) is 4.62. The summed E-state index contributed by atoms with van der Waals surface area (Å²) in [5.41, 5.74) is 0.444. The zero-order valence-corrected chi connectivity index (χ0v) is 12.1. The average Bonchev–Trinajstić information content (AvgIpc) is 2.84. The molecule has 0 aliphatic carbocycles. The van der Waals surface area contributed by atoms with E-state index in [2.05, 4.69) is 42.9 Å². The number of nitrogens with one attached hydrogen (secondary N) is 1. The Hall–Kier alpha value is -0.610. The molecule has 0 amide bonds. The Balaban J connectivity index is 2.04. The van der Waals surface area contributed by atoms with Crippen molar-refractivity contribution in [2.75, 3.05) is 24.5 Å². The molecule has 1 unspecified atom stereocenters. The van der Waals surface area contributed by atoms with Gasteiger partial charge in [0, 0.05) is 30.2 Å². The van der Waals surface area contributed by atoms with Crippen molar-refractivity contribution in [3.8, 4) is 0 Å². The van der Waals surface area contributed by atoms with Crippen LogP contribution in [0.5, 0.6) is 0 Å². The lowest BCUT2D eigenvalue weighted by atomic mass is 9.93. The van der Waals surface area contributed by atoms with Crippen molar-refractivity contribution in [1.82, 2.24) is 10.3 Å². The number of nitrogens with zero attached hydrogens (tertiary/aromatic N) is 2. The van der Waals surface area contributed by atoms with E-state index in [1.807, 2.05) is 17.5 Å². The van der Waals surface area contributed by atoms with Gasteiger partial charge in [0.05, 0.1) is 0 Å². The van der Waals surface area contributed by atoms with E-state index in [9.17, 15) is 0 Å². The summed E-state index contributed by atoms with van der Waals surface area (Å²) in [6.07, 6.45) is 3.29. The Kier molecular flexibility index (Phi) is 3.73. The fourth-order valence-corrected chi connectivity index (χ4v) is 3.27. The van der Waals surface area contributed by atoms with Crippen molar-refractivity contribution in [2.24, 2.45) is 5.41 Å². The van der Waals surface area contributed by atoms with Crippen molar-refractivity contribution in [2.45, 2.75) is 40.2 Å². The highest BCUT2D eigenvalue weighted by molar-refractivity contribution is 7.15. The standard InChI is InChI=1S/C13H23N3S/c1-5-14-10(2)11-8-15-12(17-11)16-7-6-13(3,4)9-16/h8,10,14H,5-7,9H2,1-4H3. The summed E-state index contributed by atoms with van der Waals surface area (Å²) in [5.74, 6) is 0. The fourth-order valence-electron chi connectivity index (χ4n) is 2.31. The summed E-state index contributed by atoms with van der Waals surface area (Å²) < 4.78 is 0. The van der Waals surface area contributed by atoms with E-state index < -0.39 is 0 Å². The summed E-state index contributed by atoms with van der Waals surface area (Å²) in [7, 11) is 0. The Morgan fingerprint density at radius 2 is 2.35 bits per heavy atom. The third-order valence-corrected chi connectivity index (χ3v) is 4.64. The van der Waals surface area contributed by atoms with Gasteiger partial charge in [-0.25, -0.2) is 4.98 Å². The van der Waals surface area contributed by atoms with Gasteiger partial charge in [0.15, 0.2) is 5.13 Å². The second-order valence-electron chi connectivity index (χ2n) is 5.66. The first-order valence-corrected chi connectivity index (χ1v) is 7.27. The van der Waals surface area contributed by atoms with Gasteiger partial charge in [-0.15, -0.1) is 11.3 Å². The van der Waals surface area contributed by atoms with E-state index in [0.717, 1.165) is 19.6 Å². The smallest absolute Gasteiger partial charge is 0.185 e. The van der Waals surface area contributed by atoms with E-state index in [-0.39, 0.29) is 0 Å². The minimum absolute atomic E-state index is 0.418. The van der Waals surface area contributed by atoms with Crippen LogP contribution in [0.2, 0.25) is 0 Å². The molecule has 1 aliphatic heterocycles. The lowest BCUT2D eigenvalue weighted by Gasteiger charge is -2.18. The molecule has 17 heavy (non-hydrogen) atoms. The molecule has 4 heteroatoms. The van der Waals surface area contributed by atoms with E-state index >= 15 is 0 Å².